The van der Waals surface area contributed by atoms with Crippen molar-refractivity contribution in [1.82, 2.24) is 0 Å². The Morgan fingerprint density at radius 1 is 1.31 bits per heavy atom. The predicted molar refractivity (Wildman–Crippen MR) is 46.1 cm³/mol. The summed E-state index contributed by atoms with van der Waals surface area (Å²) in [6.45, 7) is 0. The van der Waals surface area contributed by atoms with Crippen LogP contribution in [0.25, 0.3) is 0 Å². The Morgan fingerprint density at radius 2 is 1.94 bits per heavy atom. The van der Waals surface area contributed by atoms with E-state index in [2.05, 4.69) is 0 Å². The van der Waals surface area contributed by atoms with Gasteiger partial charge in [-0.2, -0.15) is 8.78 Å². The number of rotatable bonds is 4. The van der Waals surface area contributed by atoms with Gasteiger partial charge in [0.1, 0.15) is 5.82 Å². The van der Waals surface area contributed by atoms with Gasteiger partial charge in [-0.05, 0) is 17.7 Å². The lowest BCUT2D eigenvalue weighted by molar-refractivity contribution is -0.166. The van der Waals surface area contributed by atoms with Crippen molar-refractivity contribution in [1.29, 1.82) is 0 Å². The Labute approximate surface area is 87.9 Å². The molecule has 1 nitrogen and oxygen atoms in total. The van der Waals surface area contributed by atoms with E-state index in [9.17, 15) is 26.7 Å². The summed E-state index contributed by atoms with van der Waals surface area (Å²) in [6.07, 6.45) is -4.97. The Bertz CT molecular complexity index is 389. The Hall–Kier alpha value is -1.46. The average molecular weight is 238 g/mol. The molecule has 0 saturated heterocycles. The van der Waals surface area contributed by atoms with Crippen LogP contribution in [0.2, 0.25) is 0 Å². The highest BCUT2D eigenvalue weighted by molar-refractivity contribution is 5.88. The maximum atomic E-state index is 12.6. The second-order valence-electron chi connectivity index (χ2n) is 3.15. The fraction of sp³-hybridized carbons (Fsp3) is 0.300. The number of Topliss-reactive ketones (excluding diaryl/α,β-unsaturated/α-hetero) is 1. The first kappa shape index (κ1) is 12.6. The van der Waals surface area contributed by atoms with E-state index in [1.807, 2.05) is 0 Å². The second kappa shape index (κ2) is 4.59. The van der Waals surface area contributed by atoms with Crippen LogP contribution >= 0.6 is 0 Å². The SMILES string of the molecule is O=C(Cc1cccc(F)c1)C(F)(F)C(F)F. The molecule has 0 aliphatic heterocycles. The lowest BCUT2D eigenvalue weighted by Gasteiger charge is -2.13. The van der Waals surface area contributed by atoms with Gasteiger partial charge in [-0.3, -0.25) is 4.79 Å². The summed E-state index contributed by atoms with van der Waals surface area (Å²) in [6, 6.07) is 4.32. The minimum Gasteiger partial charge on any atom is -0.292 e. The van der Waals surface area contributed by atoms with E-state index < -0.39 is 30.4 Å². The van der Waals surface area contributed by atoms with Crippen molar-refractivity contribution < 1.29 is 26.7 Å². The van der Waals surface area contributed by atoms with Crippen molar-refractivity contribution in [3.05, 3.63) is 35.6 Å². The Balaban J connectivity index is 2.79. The fourth-order valence-electron chi connectivity index (χ4n) is 1.07. The van der Waals surface area contributed by atoms with Crippen LogP contribution in [-0.4, -0.2) is 18.1 Å². The van der Waals surface area contributed by atoms with E-state index in [4.69, 9.17) is 0 Å². The number of benzene rings is 1. The largest absolute Gasteiger partial charge is 0.364 e. The van der Waals surface area contributed by atoms with Crippen molar-refractivity contribution in [3.8, 4) is 0 Å². The molecule has 0 unspecified atom stereocenters. The maximum Gasteiger partial charge on any atom is 0.364 e. The van der Waals surface area contributed by atoms with Gasteiger partial charge in [-0.15, -0.1) is 0 Å². The molecule has 0 saturated carbocycles. The van der Waals surface area contributed by atoms with Gasteiger partial charge in [0.15, 0.2) is 0 Å². The summed E-state index contributed by atoms with van der Waals surface area (Å²) in [7, 11) is 0. The van der Waals surface area contributed by atoms with Gasteiger partial charge < -0.3 is 0 Å². The Kier molecular flexibility index (Phi) is 3.62. The summed E-state index contributed by atoms with van der Waals surface area (Å²) in [5.74, 6) is -7.33. The lowest BCUT2D eigenvalue weighted by atomic mass is 10.1. The molecule has 0 bridgehead atoms. The topological polar surface area (TPSA) is 17.1 Å². The second-order valence-corrected chi connectivity index (χ2v) is 3.15. The van der Waals surface area contributed by atoms with Crippen molar-refractivity contribution in [2.75, 3.05) is 0 Å². The molecular formula is C10H7F5O. The zero-order valence-corrected chi connectivity index (χ0v) is 7.89. The highest BCUT2D eigenvalue weighted by Crippen LogP contribution is 2.25. The summed E-state index contributed by atoms with van der Waals surface area (Å²) in [5.41, 5.74) is -0.0645. The van der Waals surface area contributed by atoms with Gasteiger partial charge in [0.05, 0.1) is 0 Å². The zero-order chi connectivity index (χ0) is 12.3. The van der Waals surface area contributed by atoms with E-state index in [0.29, 0.717) is 0 Å². The highest BCUT2D eigenvalue weighted by atomic mass is 19.3. The molecule has 1 aromatic rings. The zero-order valence-electron chi connectivity index (χ0n) is 7.89. The molecule has 1 aromatic carbocycles. The molecule has 6 heteroatoms. The molecule has 88 valence electrons. The van der Waals surface area contributed by atoms with E-state index in [1.165, 1.54) is 12.1 Å². The molecule has 0 spiro atoms. The van der Waals surface area contributed by atoms with Crippen molar-refractivity contribution in [2.45, 2.75) is 18.8 Å². The average Bonchev–Trinajstić information content (AvgIpc) is 2.17. The third kappa shape index (κ3) is 2.77. The lowest BCUT2D eigenvalue weighted by Crippen LogP contribution is -2.37. The number of halogens is 5. The predicted octanol–water partition coefficient (Wildman–Crippen LogP) is 2.84. The number of hydrogen-bond acceptors (Lipinski definition) is 1. The molecule has 0 radical (unpaired) electrons. The molecule has 0 amide bonds. The highest BCUT2D eigenvalue weighted by Gasteiger charge is 2.47. The molecule has 1 rings (SSSR count). The molecule has 0 N–H and O–H groups in total. The van der Waals surface area contributed by atoms with Crippen LogP contribution in [0.4, 0.5) is 22.0 Å². The molecule has 0 atom stereocenters. The minimum atomic E-state index is -4.69. The van der Waals surface area contributed by atoms with E-state index in [1.54, 1.807) is 0 Å². The van der Waals surface area contributed by atoms with Crippen molar-refractivity contribution >= 4 is 5.78 Å². The monoisotopic (exact) mass is 238 g/mol. The summed E-state index contributed by atoms with van der Waals surface area (Å²) < 4.78 is 61.3. The summed E-state index contributed by atoms with van der Waals surface area (Å²) >= 11 is 0. The fourth-order valence-corrected chi connectivity index (χ4v) is 1.07. The summed E-state index contributed by atoms with van der Waals surface area (Å²) in [5, 5.41) is 0. The van der Waals surface area contributed by atoms with E-state index in [-0.39, 0.29) is 5.56 Å². The molecule has 0 aromatic heterocycles. The first-order valence-corrected chi connectivity index (χ1v) is 4.27. The molecule has 0 aliphatic carbocycles. The van der Waals surface area contributed by atoms with Gasteiger partial charge in [-0.25, -0.2) is 13.2 Å². The van der Waals surface area contributed by atoms with Crippen molar-refractivity contribution in [3.63, 3.8) is 0 Å². The number of carbonyl (C=O) groups excluding carboxylic acids is 1. The number of alkyl halides is 4. The quantitative estimate of drug-likeness (QED) is 0.737. The van der Waals surface area contributed by atoms with Crippen LogP contribution < -0.4 is 0 Å². The maximum absolute atomic E-state index is 12.6. The third-order valence-electron chi connectivity index (χ3n) is 1.90. The van der Waals surface area contributed by atoms with Crippen LogP contribution in [-0.2, 0) is 11.2 Å². The number of ketones is 1. The smallest absolute Gasteiger partial charge is 0.292 e. The van der Waals surface area contributed by atoms with Crippen LogP contribution in [0.3, 0.4) is 0 Å². The minimum absolute atomic E-state index is 0.0645. The molecule has 16 heavy (non-hydrogen) atoms. The van der Waals surface area contributed by atoms with Gasteiger partial charge in [0.2, 0.25) is 5.78 Å². The van der Waals surface area contributed by atoms with Crippen LogP contribution in [0.15, 0.2) is 24.3 Å². The molecule has 0 heterocycles. The number of carbonyl (C=O) groups is 1. The van der Waals surface area contributed by atoms with Gasteiger partial charge in [0, 0.05) is 6.42 Å². The van der Waals surface area contributed by atoms with Crippen molar-refractivity contribution in [2.24, 2.45) is 0 Å². The standard InChI is InChI=1S/C10H7F5O/c11-7-3-1-2-6(4-7)5-8(16)10(14,15)9(12)13/h1-4,9H,5H2. The van der Waals surface area contributed by atoms with Crippen LogP contribution in [0.1, 0.15) is 5.56 Å². The first-order chi connectivity index (χ1) is 7.34. The van der Waals surface area contributed by atoms with E-state index in [0.717, 1.165) is 12.1 Å². The Morgan fingerprint density at radius 3 is 2.44 bits per heavy atom. The molecule has 0 fully saturated rings. The normalized spacial score (nSPS) is 11.9. The van der Waals surface area contributed by atoms with Crippen LogP contribution in [0.5, 0.6) is 0 Å². The number of hydrogen-bond donors (Lipinski definition) is 0. The van der Waals surface area contributed by atoms with Gasteiger partial charge in [0.25, 0.3) is 0 Å². The van der Waals surface area contributed by atoms with E-state index >= 15 is 0 Å². The third-order valence-corrected chi connectivity index (χ3v) is 1.90. The van der Waals surface area contributed by atoms with Gasteiger partial charge in [-0.1, -0.05) is 12.1 Å². The van der Waals surface area contributed by atoms with Crippen LogP contribution in [0, 0.1) is 5.82 Å². The first-order valence-electron chi connectivity index (χ1n) is 4.27. The summed E-state index contributed by atoms with van der Waals surface area (Å²) in [4.78, 5) is 10.8. The molecule has 0 aliphatic rings. The van der Waals surface area contributed by atoms with Gasteiger partial charge >= 0.3 is 12.3 Å². The molecular weight excluding hydrogens is 231 g/mol.